The van der Waals surface area contributed by atoms with Crippen molar-refractivity contribution in [2.75, 3.05) is 31.1 Å². The van der Waals surface area contributed by atoms with Crippen molar-refractivity contribution >= 4 is 5.69 Å². The summed E-state index contributed by atoms with van der Waals surface area (Å²) in [6, 6.07) is 4.37. The fourth-order valence-corrected chi connectivity index (χ4v) is 3.89. The molecule has 0 bridgehead atoms. The Kier molecular flexibility index (Phi) is 6.17. The Morgan fingerprint density at radius 3 is 2.45 bits per heavy atom. The van der Waals surface area contributed by atoms with Crippen LogP contribution in [-0.4, -0.2) is 56.7 Å². The summed E-state index contributed by atoms with van der Waals surface area (Å²) in [7, 11) is 0. The lowest BCUT2D eigenvalue weighted by molar-refractivity contribution is 0.243. The van der Waals surface area contributed by atoms with Crippen molar-refractivity contribution in [2.24, 2.45) is 5.92 Å². The minimum absolute atomic E-state index is 0.212. The van der Waals surface area contributed by atoms with Gasteiger partial charge in [-0.25, -0.2) is 13.2 Å². The molecule has 0 saturated carbocycles. The lowest BCUT2D eigenvalue weighted by Crippen LogP contribution is -2.46. The fraction of sp³-hybridized carbons (Fsp3) is 0.429. The summed E-state index contributed by atoms with van der Waals surface area (Å²) >= 11 is 0. The molecule has 7 nitrogen and oxygen atoms in total. The SMILES string of the molecule is CC(C)Cc1cc(F)c(-c2nn[nH]n2)c(N2CCN(Cc3ncc(F)cc3F)CC2)c1. The van der Waals surface area contributed by atoms with Gasteiger partial charge in [0.25, 0.3) is 0 Å². The van der Waals surface area contributed by atoms with Gasteiger partial charge in [-0.1, -0.05) is 13.8 Å². The van der Waals surface area contributed by atoms with Crippen LogP contribution in [0.3, 0.4) is 0 Å². The second-order valence-corrected chi connectivity index (χ2v) is 8.15. The van der Waals surface area contributed by atoms with E-state index in [1.807, 2.05) is 11.0 Å². The molecule has 164 valence electrons. The maximum atomic E-state index is 15.1. The predicted molar refractivity (Wildman–Crippen MR) is 110 cm³/mol. The molecular weight excluding hydrogens is 407 g/mol. The van der Waals surface area contributed by atoms with Crippen LogP contribution in [0, 0.1) is 23.4 Å². The average molecular weight is 431 g/mol. The van der Waals surface area contributed by atoms with Crippen LogP contribution >= 0.6 is 0 Å². The summed E-state index contributed by atoms with van der Waals surface area (Å²) in [5.41, 5.74) is 2.17. The Bertz CT molecular complexity index is 1030. The van der Waals surface area contributed by atoms with E-state index >= 15 is 4.39 Å². The van der Waals surface area contributed by atoms with Gasteiger partial charge in [-0.3, -0.25) is 9.88 Å². The number of nitrogens with zero attached hydrogens (tertiary/aromatic N) is 6. The van der Waals surface area contributed by atoms with Gasteiger partial charge in [0.15, 0.2) is 0 Å². The molecule has 31 heavy (non-hydrogen) atoms. The van der Waals surface area contributed by atoms with Gasteiger partial charge in [0.1, 0.15) is 17.5 Å². The molecule has 4 rings (SSSR count). The summed E-state index contributed by atoms with van der Waals surface area (Å²) < 4.78 is 42.1. The van der Waals surface area contributed by atoms with E-state index in [9.17, 15) is 8.78 Å². The molecule has 1 fully saturated rings. The summed E-state index contributed by atoms with van der Waals surface area (Å²) in [5.74, 6) is -1.12. The Labute approximate surface area is 178 Å². The largest absolute Gasteiger partial charge is 0.368 e. The number of rotatable bonds is 6. The van der Waals surface area contributed by atoms with E-state index in [2.05, 4.69) is 44.4 Å². The molecular formula is C21H24F3N7. The number of tetrazole rings is 1. The van der Waals surface area contributed by atoms with Crippen molar-refractivity contribution in [3.63, 3.8) is 0 Å². The number of piperazine rings is 1. The van der Waals surface area contributed by atoms with Gasteiger partial charge in [-0.15, -0.1) is 10.2 Å². The number of halogens is 3. The molecule has 0 unspecified atom stereocenters. The first-order chi connectivity index (χ1) is 14.9. The lowest BCUT2D eigenvalue weighted by Gasteiger charge is -2.37. The highest BCUT2D eigenvalue weighted by Crippen LogP contribution is 2.34. The molecule has 1 aromatic carbocycles. The number of H-pyrrole nitrogens is 1. The van der Waals surface area contributed by atoms with E-state index in [1.165, 1.54) is 6.07 Å². The zero-order valence-electron chi connectivity index (χ0n) is 17.4. The highest BCUT2D eigenvalue weighted by molar-refractivity contribution is 5.75. The maximum absolute atomic E-state index is 15.1. The van der Waals surface area contributed by atoms with Gasteiger partial charge in [-0.2, -0.15) is 5.21 Å². The van der Waals surface area contributed by atoms with Crippen molar-refractivity contribution in [2.45, 2.75) is 26.8 Å². The van der Waals surface area contributed by atoms with Crippen molar-refractivity contribution in [3.8, 4) is 11.4 Å². The standard InChI is InChI=1S/C21H24F3N7/c1-13(2)7-14-8-17(24)20(21-26-28-29-27-21)19(9-14)31-5-3-30(4-6-31)12-18-16(23)10-15(22)11-25-18/h8-11,13H,3-7,12H2,1-2H3,(H,26,27,28,29). The second-order valence-electron chi connectivity index (χ2n) is 8.15. The number of aromatic nitrogens is 5. The third-order valence-corrected chi connectivity index (χ3v) is 5.31. The van der Waals surface area contributed by atoms with E-state index in [-0.39, 0.29) is 17.3 Å². The van der Waals surface area contributed by atoms with Crippen LogP contribution in [0.5, 0.6) is 0 Å². The number of hydrogen-bond donors (Lipinski definition) is 1. The highest BCUT2D eigenvalue weighted by Gasteiger charge is 2.25. The van der Waals surface area contributed by atoms with Crippen LogP contribution in [0.2, 0.25) is 0 Å². The Hall–Kier alpha value is -3.01. The normalized spacial score (nSPS) is 15.1. The molecule has 3 aromatic rings. The third kappa shape index (κ3) is 4.84. The average Bonchev–Trinajstić information content (AvgIpc) is 3.24. The zero-order chi connectivity index (χ0) is 22.0. The fourth-order valence-electron chi connectivity index (χ4n) is 3.89. The van der Waals surface area contributed by atoms with Crippen LogP contribution in [0.4, 0.5) is 18.9 Å². The molecule has 3 heterocycles. The van der Waals surface area contributed by atoms with Crippen LogP contribution in [0.15, 0.2) is 24.4 Å². The van der Waals surface area contributed by atoms with E-state index in [0.717, 1.165) is 29.9 Å². The van der Waals surface area contributed by atoms with Crippen LogP contribution in [0.25, 0.3) is 11.4 Å². The predicted octanol–water partition coefficient (Wildman–Crippen LogP) is 3.20. The van der Waals surface area contributed by atoms with E-state index in [4.69, 9.17) is 0 Å². The minimum Gasteiger partial charge on any atom is -0.368 e. The van der Waals surface area contributed by atoms with Crippen LogP contribution in [-0.2, 0) is 13.0 Å². The highest BCUT2D eigenvalue weighted by atomic mass is 19.1. The van der Waals surface area contributed by atoms with E-state index in [0.29, 0.717) is 44.2 Å². The summed E-state index contributed by atoms with van der Waals surface area (Å²) in [6.45, 7) is 6.94. The monoisotopic (exact) mass is 431 g/mol. The number of aromatic amines is 1. The van der Waals surface area contributed by atoms with Gasteiger partial charge in [0, 0.05) is 38.8 Å². The van der Waals surface area contributed by atoms with Gasteiger partial charge in [-0.05, 0) is 35.2 Å². The quantitative estimate of drug-likeness (QED) is 0.646. The molecule has 1 N–H and O–H groups in total. The second kappa shape index (κ2) is 9.01. The number of anilines is 1. The Morgan fingerprint density at radius 1 is 1.03 bits per heavy atom. The molecule has 1 aliphatic heterocycles. The van der Waals surface area contributed by atoms with Gasteiger partial charge >= 0.3 is 0 Å². The Balaban J connectivity index is 1.54. The first kappa shape index (κ1) is 21.2. The van der Waals surface area contributed by atoms with Crippen molar-refractivity contribution < 1.29 is 13.2 Å². The summed E-state index contributed by atoms with van der Waals surface area (Å²) in [5, 5.41) is 13.9. The third-order valence-electron chi connectivity index (χ3n) is 5.31. The van der Waals surface area contributed by atoms with Gasteiger partial charge in [0.2, 0.25) is 5.82 Å². The van der Waals surface area contributed by atoms with Crippen LogP contribution < -0.4 is 4.90 Å². The van der Waals surface area contributed by atoms with Crippen LogP contribution in [0.1, 0.15) is 25.1 Å². The number of benzene rings is 1. The first-order valence-electron chi connectivity index (χ1n) is 10.2. The molecule has 0 aliphatic carbocycles. The van der Waals surface area contributed by atoms with E-state index < -0.39 is 11.6 Å². The smallest absolute Gasteiger partial charge is 0.209 e. The van der Waals surface area contributed by atoms with Gasteiger partial charge < -0.3 is 4.90 Å². The molecule has 0 atom stereocenters. The lowest BCUT2D eigenvalue weighted by atomic mass is 9.98. The molecule has 1 saturated heterocycles. The summed E-state index contributed by atoms with van der Waals surface area (Å²) in [4.78, 5) is 8.00. The summed E-state index contributed by atoms with van der Waals surface area (Å²) in [6.07, 6.45) is 1.78. The topological polar surface area (TPSA) is 73.8 Å². The molecule has 0 radical (unpaired) electrons. The number of pyridine rings is 1. The molecule has 0 amide bonds. The number of hydrogen-bond acceptors (Lipinski definition) is 6. The van der Waals surface area contributed by atoms with Gasteiger partial charge in [0.05, 0.1) is 23.1 Å². The van der Waals surface area contributed by atoms with E-state index in [1.54, 1.807) is 0 Å². The number of nitrogens with one attached hydrogen (secondary N) is 1. The van der Waals surface area contributed by atoms with Crippen molar-refractivity contribution in [1.82, 2.24) is 30.5 Å². The molecule has 2 aromatic heterocycles. The van der Waals surface area contributed by atoms with Crippen molar-refractivity contribution in [1.29, 1.82) is 0 Å². The first-order valence-corrected chi connectivity index (χ1v) is 10.2. The molecule has 1 aliphatic rings. The maximum Gasteiger partial charge on any atom is 0.209 e. The van der Waals surface area contributed by atoms with Crippen molar-refractivity contribution in [3.05, 3.63) is 53.1 Å². The minimum atomic E-state index is -0.691. The zero-order valence-corrected chi connectivity index (χ0v) is 17.4. The molecule has 0 spiro atoms. The molecule has 10 heteroatoms. The Morgan fingerprint density at radius 2 is 1.81 bits per heavy atom.